The normalized spacial score (nSPS) is 18.3. The van der Waals surface area contributed by atoms with Gasteiger partial charge in [0.2, 0.25) is 0 Å². The maximum absolute atomic E-state index is 12.9. The summed E-state index contributed by atoms with van der Waals surface area (Å²) in [5.41, 5.74) is 1.04. The number of carbonyl (C=O) groups is 2. The number of rotatable bonds is 4. The average molecular weight is 427 g/mol. The summed E-state index contributed by atoms with van der Waals surface area (Å²) in [6, 6.07) is 12.6. The summed E-state index contributed by atoms with van der Waals surface area (Å²) in [5.74, 6) is -1.16. The summed E-state index contributed by atoms with van der Waals surface area (Å²) >= 11 is 7.24. The summed E-state index contributed by atoms with van der Waals surface area (Å²) in [6.45, 7) is 0. The van der Waals surface area contributed by atoms with Crippen LogP contribution in [0.3, 0.4) is 0 Å². The SMILES string of the molecule is COc1ccc(/C(O)=C2\C(=O)C(=O)N(c3nccs3)C2c2ccc(Cl)cc2)cc1. The molecule has 1 N–H and O–H groups in total. The van der Waals surface area contributed by atoms with E-state index in [0.29, 0.717) is 27.0 Å². The lowest BCUT2D eigenvalue weighted by Gasteiger charge is -2.23. The van der Waals surface area contributed by atoms with Crippen LogP contribution < -0.4 is 9.64 Å². The van der Waals surface area contributed by atoms with Crippen molar-refractivity contribution in [1.29, 1.82) is 0 Å². The van der Waals surface area contributed by atoms with E-state index < -0.39 is 17.7 Å². The summed E-state index contributed by atoms with van der Waals surface area (Å²) in [4.78, 5) is 31.3. The minimum atomic E-state index is -0.819. The van der Waals surface area contributed by atoms with Crippen molar-refractivity contribution in [2.24, 2.45) is 0 Å². The number of thiazole rings is 1. The molecule has 4 rings (SSSR count). The number of nitrogens with zero attached hydrogens (tertiary/aromatic N) is 2. The van der Waals surface area contributed by atoms with Gasteiger partial charge in [-0.05, 0) is 42.0 Å². The molecule has 8 heteroatoms. The van der Waals surface area contributed by atoms with Crippen molar-refractivity contribution in [2.45, 2.75) is 6.04 Å². The van der Waals surface area contributed by atoms with Crippen molar-refractivity contribution in [3.8, 4) is 5.75 Å². The van der Waals surface area contributed by atoms with Gasteiger partial charge in [0.25, 0.3) is 5.78 Å². The van der Waals surface area contributed by atoms with Gasteiger partial charge in [0.1, 0.15) is 11.5 Å². The van der Waals surface area contributed by atoms with Gasteiger partial charge in [0.15, 0.2) is 5.13 Å². The number of ether oxygens (including phenoxy) is 1. The third-order valence-electron chi connectivity index (χ3n) is 4.62. The van der Waals surface area contributed by atoms with Crippen LogP contribution in [0.25, 0.3) is 5.76 Å². The number of aliphatic hydroxyl groups excluding tert-OH is 1. The molecule has 1 fully saturated rings. The van der Waals surface area contributed by atoms with Gasteiger partial charge in [0, 0.05) is 22.2 Å². The highest BCUT2D eigenvalue weighted by Gasteiger charge is 2.47. The van der Waals surface area contributed by atoms with E-state index in [2.05, 4.69) is 4.98 Å². The lowest BCUT2D eigenvalue weighted by molar-refractivity contribution is -0.132. The molecule has 1 aliphatic heterocycles. The fraction of sp³-hybridized carbons (Fsp3) is 0.0952. The monoisotopic (exact) mass is 426 g/mol. The van der Waals surface area contributed by atoms with Crippen LogP contribution in [0.2, 0.25) is 5.02 Å². The van der Waals surface area contributed by atoms with Gasteiger partial charge < -0.3 is 9.84 Å². The Morgan fingerprint density at radius 2 is 1.83 bits per heavy atom. The van der Waals surface area contributed by atoms with Crippen LogP contribution in [0.4, 0.5) is 5.13 Å². The molecule has 0 bridgehead atoms. The molecule has 6 nitrogen and oxygen atoms in total. The van der Waals surface area contributed by atoms with Gasteiger partial charge in [-0.15, -0.1) is 11.3 Å². The number of halogens is 1. The first kappa shape index (κ1) is 19.2. The lowest BCUT2D eigenvalue weighted by Crippen LogP contribution is -2.29. The molecule has 1 aromatic heterocycles. The highest BCUT2D eigenvalue weighted by atomic mass is 35.5. The minimum absolute atomic E-state index is 0.00214. The second kappa shape index (κ2) is 7.69. The molecule has 0 spiro atoms. The van der Waals surface area contributed by atoms with E-state index in [0.717, 1.165) is 0 Å². The second-order valence-electron chi connectivity index (χ2n) is 6.26. The zero-order valence-electron chi connectivity index (χ0n) is 15.2. The Morgan fingerprint density at radius 3 is 2.41 bits per heavy atom. The number of anilines is 1. The van der Waals surface area contributed by atoms with E-state index >= 15 is 0 Å². The Hall–Kier alpha value is -3.16. The molecule has 0 aliphatic carbocycles. The summed E-state index contributed by atoms with van der Waals surface area (Å²) in [7, 11) is 1.54. The summed E-state index contributed by atoms with van der Waals surface area (Å²) in [5, 5.41) is 13.6. The number of ketones is 1. The quantitative estimate of drug-likeness (QED) is 0.379. The summed E-state index contributed by atoms with van der Waals surface area (Å²) < 4.78 is 5.13. The molecule has 1 saturated heterocycles. The number of hydrogen-bond donors (Lipinski definition) is 1. The molecule has 0 saturated carbocycles. The first-order valence-corrected chi connectivity index (χ1v) is 9.87. The second-order valence-corrected chi connectivity index (χ2v) is 7.57. The van der Waals surface area contributed by atoms with Gasteiger partial charge in [-0.25, -0.2) is 4.98 Å². The zero-order chi connectivity index (χ0) is 20.5. The Kier molecular flexibility index (Phi) is 5.08. The lowest BCUT2D eigenvalue weighted by atomic mass is 9.95. The van der Waals surface area contributed by atoms with E-state index in [-0.39, 0.29) is 11.3 Å². The van der Waals surface area contributed by atoms with Gasteiger partial charge >= 0.3 is 5.91 Å². The smallest absolute Gasteiger partial charge is 0.301 e. The molecule has 0 radical (unpaired) electrons. The number of amides is 1. The van der Waals surface area contributed by atoms with E-state index in [1.165, 1.54) is 23.3 Å². The van der Waals surface area contributed by atoms with Crippen molar-refractivity contribution in [1.82, 2.24) is 4.98 Å². The topological polar surface area (TPSA) is 79.7 Å². The van der Waals surface area contributed by atoms with Gasteiger partial charge in [0.05, 0.1) is 18.7 Å². The Labute approximate surface area is 175 Å². The van der Waals surface area contributed by atoms with Crippen molar-refractivity contribution in [2.75, 3.05) is 12.0 Å². The number of methoxy groups -OCH3 is 1. The maximum Gasteiger partial charge on any atom is 0.301 e. The van der Waals surface area contributed by atoms with Crippen LogP contribution >= 0.6 is 22.9 Å². The molecular formula is C21H15ClN2O4S. The molecule has 2 aromatic carbocycles. The number of aromatic nitrogens is 1. The van der Waals surface area contributed by atoms with Gasteiger partial charge in [-0.3, -0.25) is 14.5 Å². The maximum atomic E-state index is 12.9. The predicted molar refractivity (Wildman–Crippen MR) is 111 cm³/mol. The standard InChI is InChI=1S/C21H15ClN2O4S/c1-28-15-8-4-13(5-9-15)18(25)16-17(12-2-6-14(22)7-3-12)24(20(27)19(16)26)21-23-10-11-29-21/h2-11,17,25H,1H3/b18-16+. The predicted octanol–water partition coefficient (Wildman–Crippen LogP) is 4.43. The molecule has 2 heterocycles. The van der Waals surface area contributed by atoms with Gasteiger partial charge in [-0.2, -0.15) is 0 Å². The van der Waals surface area contributed by atoms with E-state index in [1.807, 2.05) is 0 Å². The van der Waals surface area contributed by atoms with Crippen LogP contribution in [0, 0.1) is 0 Å². The highest BCUT2D eigenvalue weighted by Crippen LogP contribution is 2.42. The van der Waals surface area contributed by atoms with Crippen molar-refractivity contribution < 1.29 is 19.4 Å². The molecular weight excluding hydrogens is 412 g/mol. The third-order valence-corrected chi connectivity index (χ3v) is 5.64. The molecule has 1 amide bonds. The van der Waals surface area contributed by atoms with E-state index in [1.54, 1.807) is 60.1 Å². The number of benzene rings is 2. The first-order valence-electron chi connectivity index (χ1n) is 8.61. The van der Waals surface area contributed by atoms with E-state index in [9.17, 15) is 14.7 Å². The van der Waals surface area contributed by atoms with Gasteiger partial charge in [-0.1, -0.05) is 23.7 Å². The fourth-order valence-corrected chi connectivity index (χ4v) is 4.02. The zero-order valence-corrected chi connectivity index (χ0v) is 16.8. The van der Waals surface area contributed by atoms with Crippen molar-refractivity contribution in [3.05, 3.63) is 81.8 Å². The fourth-order valence-electron chi connectivity index (χ4n) is 3.23. The first-order chi connectivity index (χ1) is 14.0. The largest absolute Gasteiger partial charge is 0.507 e. The van der Waals surface area contributed by atoms with Crippen LogP contribution in [0.1, 0.15) is 17.2 Å². The number of carbonyl (C=O) groups excluding carboxylic acids is 2. The van der Waals surface area contributed by atoms with Crippen LogP contribution in [0.5, 0.6) is 5.75 Å². The Morgan fingerprint density at radius 1 is 1.14 bits per heavy atom. The van der Waals surface area contributed by atoms with Crippen LogP contribution in [-0.4, -0.2) is 28.9 Å². The molecule has 146 valence electrons. The van der Waals surface area contributed by atoms with Crippen LogP contribution in [0.15, 0.2) is 65.7 Å². The van der Waals surface area contributed by atoms with E-state index in [4.69, 9.17) is 16.3 Å². The molecule has 29 heavy (non-hydrogen) atoms. The number of Topliss-reactive ketones (excluding diaryl/α,β-unsaturated/α-hetero) is 1. The van der Waals surface area contributed by atoms with Crippen molar-refractivity contribution >= 4 is 45.5 Å². The third kappa shape index (κ3) is 3.39. The molecule has 1 aliphatic rings. The highest BCUT2D eigenvalue weighted by molar-refractivity contribution is 7.14. The Bertz CT molecular complexity index is 1090. The molecule has 1 unspecified atom stereocenters. The average Bonchev–Trinajstić information content (AvgIpc) is 3.35. The minimum Gasteiger partial charge on any atom is -0.507 e. The molecule has 3 aromatic rings. The summed E-state index contributed by atoms with van der Waals surface area (Å²) in [6.07, 6.45) is 1.56. The number of aliphatic hydroxyl groups is 1. The Balaban J connectivity index is 1.90. The van der Waals surface area contributed by atoms with Crippen molar-refractivity contribution in [3.63, 3.8) is 0 Å². The number of hydrogen-bond acceptors (Lipinski definition) is 6. The van der Waals surface area contributed by atoms with Crippen LogP contribution in [-0.2, 0) is 9.59 Å². The molecule has 1 atom stereocenters.